The number of halogens is 1. The molecule has 1 aromatic heterocycles. The van der Waals surface area contributed by atoms with Crippen LogP contribution in [0.25, 0.3) is 0 Å². The highest BCUT2D eigenvalue weighted by molar-refractivity contribution is 8.01. The number of aryl methyl sites for hydroxylation is 1. The molecule has 0 aliphatic carbocycles. The van der Waals surface area contributed by atoms with Crippen molar-refractivity contribution in [2.75, 3.05) is 30.5 Å². The molecule has 0 bridgehead atoms. The van der Waals surface area contributed by atoms with Gasteiger partial charge in [0.25, 0.3) is 5.91 Å². The van der Waals surface area contributed by atoms with Gasteiger partial charge in [-0.1, -0.05) is 40.8 Å². The second kappa shape index (κ2) is 10.6. The van der Waals surface area contributed by atoms with Gasteiger partial charge in [0, 0.05) is 30.4 Å². The summed E-state index contributed by atoms with van der Waals surface area (Å²) in [6, 6.07) is 10.8. The topological polar surface area (TPSA) is 121 Å². The molecule has 9 nitrogen and oxygen atoms in total. The molecule has 3 rings (SSSR count). The Morgan fingerprint density at radius 2 is 1.79 bits per heavy atom. The van der Waals surface area contributed by atoms with E-state index in [1.54, 1.807) is 12.1 Å². The summed E-state index contributed by atoms with van der Waals surface area (Å²) in [5, 5.41) is 14.1. The predicted octanol–water partition coefficient (Wildman–Crippen LogP) is 3.73. The van der Waals surface area contributed by atoms with E-state index >= 15 is 0 Å². The minimum atomic E-state index is -3.57. The van der Waals surface area contributed by atoms with Gasteiger partial charge in [0.05, 0.1) is 10.6 Å². The fourth-order valence-electron chi connectivity index (χ4n) is 2.47. The van der Waals surface area contributed by atoms with Crippen LogP contribution < -0.4 is 10.6 Å². The number of rotatable bonds is 8. The minimum Gasteiger partial charge on any atom is -0.325 e. The van der Waals surface area contributed by atoms with Gasteiger partial charge in [-0.2, -0.15) is 0 Å². The van der Waals surface area contributed by atoms with E-state index < -0.39 is 15.9 Å². The van der Waals surface area contributed by atoms with Crippen molar-refractivity contribution in [2.24, 2.45) is 0 Å². The maximum absolute atomic E-state index is 12.4. The average molecular weight is 526 g/mol. The molecule has 174 valence electrons. The lowest BCUT2D eigenvalue weighted by Gasteiger charge is -2.11. The summed E-state index contributed by atoms with van der Waals surface area (Å²) >= 11 is 8.37. The van der Waals surface area contributed by atoms with Crippen LogP contribution in [0.5, 0.6) is 0 Å². The molecule has 2 amide bonds. The maximum atomic E-state index is 12.4. The number of hydrogen-bond donors (Lipinski definition) is 2. The van der Waals surface area contributed by atoms with E-state index in [2.05, 4.69) is 20.8 Å². The third kappa shape index (κ3) is 6.51. The Hall–Kier alpha value is -2.51. The highest BCUT2D eigenvalue weighted by atomic mass is 35.5. The number of sulfonamides is 1. The number of amides is 2. The van der Waals surface area contributed by atoms with Crippen molar-refractivity contribution in [3.63, 3.8) is 0 Å². The number of carbonyl (C=O) groups excluding carboxylic acids is 2. The first-order chi connectivity index (χ1) is 15.6. The van der Waals surface area contributed by atoms with Gasteiger partial charge in [-0.25, -0.2) is 12.7 Å². The molecule has 0 aliphatic heterocycles. The first kappa shape index (κ1) is 25.1. The molecule has 33 heavy (non-hydrogen) atoms. The summed E-state index contributed by atoms with van der Waals surface area (Å²) in [6.45, 7) is 1.88. The summed E-state index contributed by atoms with van der Waals surface area (Å²) in [4.78, 5) is 24.7. The molecule has 2 N–H and O–H groups in total. The monoisotopic (exact) mass is 525 g/mol. The van der Waals surface area contributed by atoms with Gasteiger partial charge in [-0.15, -0.1) is 10.2 Å². The normalized spacial score (nSPS) is 11.4. The van der Waals surface area contributed by atoms with Crippen LogP contribution in [0.15, 0.2) is 51.7 Å². The Balaban J connectivity index is 1.54. The molecule has 0 radical (unpaired) electrons. The highest BCUT2D eigenvalue weighted by Gasteiger charge is 2.18. The van der Waals surface area contributed by atoms with Crippen LogP contribution in [0, 0.1) is 6.92 Å². The van der Waals surface area contributed by atoms with Crippen molar-refractivity contribution < 1.29 is 18.0 Å². The summed E-state index contributed by atoms with van der Waals surface area (Å²) in [5.41, 5.74) is 1.79. The molecule has 0 saturated carbocycles. The van der Waals surface area contributed by atoms with E-state index in [1.807, 2.05) is 13.0 Å². The molecule has 0 fully saturated rings. The van der Waals surface area contributed by atoms with Crippen molar-refractivity contribution >= 4 is 67.4 Å². The predicted molar refractivity (Wildman–Crippen MR) is 131 cm³/mol. The summed E-state index contributed by atoms with van der Waals surface area (Å²) in [6.07, 6.45) is 0. The fourth-order valence-corrected chi connectivity index (χ4v) is 5.10. The largest absolute Gasteiger partial charge is 0.325 e. The molecule has 2 aromatic carbocycles. The smallest absolute Gasteiger partial charge is 0.257 e. The zero-order valence-electron chi connectivity index (χ0n) is 17.8. The van der Waals surface area contributed by atoms with Crippen LogP contribution in [0.1, 0.15) is 15.9 Å². The third-order valence-electron chi connectivity index (χ3n) is 4.30. The van der Waals surface area contributed by atoms with Crippen LogP contribution in [-0.4, -0.2) is 54.6 Å². The number of benzene rings is 2. The molecular formula is C20H20ClN5O4S3. The van der Waals surface area contributed by atoms with E-state index in [0.717, 1.165) is 21.2 Å². The molecule has 0 spiro atoms. The summed E-state index contributed by atoms with van der Waals surface area (Å²) in [7, 11) is -0.707. The first-order valence-corrected chi connectivity index (χ1v) is 13.0. The Labute approximate surface area is 204 Å². The van der Waals surface area contributed by atoms with E-state index in [1.165, 1.54) is 50.1 Å². The van der Waals surface area contributed by atoms with Gasteiger partial charge in [0.15, 0.2) is 4.34 Å². The van der Waals surface area contributed by atoms with Crippen LogP contribution in [0.2, 0.25) is 5.02 Å². The molecule has 13 heteroatoms. The zero-order valence-corrected chi connectivity index (χ0v) is 21.0. The Kier molecular flexibility index (Phi) is 8.08. The first-order valence-electron chi connectivity index (χ1n) is 9.42. The Morgan fingerprint density at radius 1 is 1.09 bits per heavy atom. The number of anilines is 2. The number of hydrogen-bond acceptors (Lipinski definition) is 8. The number of aromatic nitrogens is 2. The SMILES string of the molecule is Cc1ccc(NC(=O)CSc2nnc(NC(=O)c3ccc(S(=O)(=O)N(C)C)cc3)s2)cc1Cl. The van der Waals surface area contributed by atoms with Gasteiger partial charge in [-0.05, 0) is 48.9 Å². The molecule has 0 unspecified atom stereocenters. The van der Waals surface area contributed by atoms with E-state index in [9.17, 15) is 18.0 Å². The number of thioether (sulfide) groups is 1. The molecular weight excluding hydrogens is 506 g/mol. The molecule has 3 aromatic rings. The van der Waals surface area contributed by atoms with Crippen LogP contribution in [0.3, 0.4) is 0 Å². The lowest BCUT2D eigenvalue weighted by Crippen LogP contribution is -2.22. The molecule has 1 heterocycles. The van der Waals surface area contributed by atoms with Gasteiger partial charge in [0.1, 0.15) is 0 Å². The quantitative estimate of drug-likeness (QED) is 0.339. The lowest BCUT2D eigenvalue weighted by molar-refractivity contribution is -0.113. The third-order valence-corrected chi connectivity index (χ3v) is 8.51. The van der Waals surface area contributed by atoms with Crippen LogP contribution >= 0.6 is 34.7 Å². The molecule has 0 aliphatic rings. The Bertz CT molecular complexity index is 1280. The van der Waals surface area contributed by atoms with Gasteiger partial charge in [-0.3, -0.25) is 14.9 Å². The van der Waals surface area contributed by atoms with Gasteiger partial charge in [0.2, 0.25) is 21.1 Å². The highest BCUT2D eigenvalue weighted by Crippen LogP contribution is 2.26. The molecule has 0 atom stereocenters. The second-order valence-corrected chi connectivity index (χ2v) is 11.7. The van der Waals surface area contributed by atoms with E-state index in [-0.39, 0.29) is 27.3 Å². The van der Waals surface area contributed by atoms with Crippen molar-refractivity contribution in [1.29, 1.82) is 0 Å². The van der Waals surface area contributed by atoms with Crippen LogP contribution in [0.4, 0.5) is 10.8 Å². The van der Waals surface area contributed by atoms with Crippen LogP contribution in [-0.2, 0) is 14.8 Å². The lowest BCUT2D eigenvalue weighted by atomic mass is 10.2. The summed E-state index contributed by atoms with van der Waals surface area (Å²) < 4.78 is 25.8. The molecule has 0 saturated heterocycles. The van der Waals surface area contributed by atoms with E-state index in [0.29, 0.717) is 15.0 Å². The number of carbonyl (C=O) groups is 2. The minimum absolute atomic E-state index is 0.0878. The van der Waals surface area contributed by atoms with Crippen molar-refractivity contribution in [2.45, 2.75) is 16.2 Å². The summed E-state index contributed by atoms with van der Waals surface area (Å²) in [5.74, 6) is -0.574. The number of nitrogens with one attached hydrogen (secondary N) is 2. The average Bonchev–Trinajstić information content (AvgIpc) is 3.22. The van der Waals surface area contributed by atoms with Gasteiger partial charge < -0.3 is 5.32 Å². The standard InChI is InChI=1S/C20H20ClN5O4S3/c1-12-4-7-14(10-16(12)21)22-17(27)11-31-20-25-24-19(32-20)23-18(28)13-5-8-15(9-6-13)33(29,30)26(2)3/h4-10H,11H2,1-3H3,(H,22,27)(H,23,24,28). The van der Waals surface area contributed by atoms with Gasteiger partial charge >= 0.3 is 0 Å². The Morgan fingerprint density at radius 3 is 2.42 bits per heavy atom. The zero-order chi connectivity index (χ0) is 24.2. The second-order valence-electron chi connectivity index (χ2n) is 6.94. The van der Waals surface area contributed by atoms with Crippen molar-refractivity contribution in [3.8, 4) is 0 Å². The fraction of sp³-hybridized carbons (Fsp3) is 0.200. The van der Waals surface area contributed by atoms with Crippen molar-refractivity contribution in [3.05, 3.63) is 58.6 Å². The number of nitrogens with zero attached hydrogens (tertiary/aromatic N) is 3. The maximum Gasteiger partial charge on any atom is 0.257 e. The van der Waals surface area contributed by atoms with E-state index in [4.69, 9.17) is 11.6 Å². The van der Waals surface area contributed by atoms with Crippen molar-refractivity contribution in [1.82, 2.24) is 14.5 Å².